The van der Waals surface area contributed by atoms with E-state index in [1.807, 2.05) is 0 Å². The molecule has 0 bridgehead atoms. The molecule has 4 atom stereocenters. The zero-order valence-electron chi connectivity index (χ0n) is 21.2. The summed E-state index contributed by atoms with van der Waals surface area (Å²) in [5.74, 6) is 0.923. The van der Waals surface area contributed by atoms with E-state index in [1.54, 1.807) is 0 Å². The fourth-order valence-corrected chi connectivity index (χ4v) is 6.47. The maximum absolute atomic E-state index is 12.6. The van der Waals surface area contributed by atoms with Crippen LogP contribution in [0.4, 0.5) is 9.59 Å². The molecule has 5 rings (SSSR count). The summed E-state index contributed by atoms with van der Waals surface area (Å²) < 4.78 is 0. The number of carbonyl (C=O) groups excluding carboxylic acids is 2. The molecule has 6 nitrogen and oxygen atoms in total. The molecule has 6 heteroatoms. The molecule has 0 radical (unpaired) electrons. The van der Waals surface area contributed by atoms with Crippen molar-refractivity contribution in [1.29, 1.82) is 0 Å². The molecule has 1 saturated carbocycles. The minimum absolute atomic E-state index is 0.0657. The van der Waals surface area contributed by atoms with E-state index in [9.17, 15) is 9.59 Å². The fourth-order valence-electron chi connectivity index (χ4n) is 6.47. The van der Waals surface area contributed by atoms with E-state index < -0.39 is 0 Å². The third-order valence-electron chi connectivity index (χ3n) is 8.34. The standard InChI is InChI=1S/C30H40N4O2/c35-29(33-27-16-6-12-23-10-1-3-14-25(23)27)31-19-21-8-5-9-22(18-21)20-32-30(36)34-28-17-7-13-24-11-2-4-15-26(24)28/h1-4,10-11,14-15,21-22,27-28H,5-9,12-13,16-20H2,(H2,31,33,35)(H2,32,34,36). The van der Waals surface area contributed by atoms with Crippen LogP contribution in [-0.4, -0.2) is 25.2 Å². The molecule has 0 heterocycles. The van der Waals surface area contributed by atoms with Crippen LogP contribution in [0.1, 0.15) is 85.7 Å². The number of carbonyl (C=O) groups is 2. The Morgan fingerprint density at radius 3 is 1.61 bits per heavy atom. The molecule has 0 aromatic heterocycles. The van der Waals surface area contributed by atoms with Crippen LogP contribution < -0.4 is 21.3 Å². The molecule has 192 valence electrons. The number of amides is 4. The van der Waals surface area contributed by atoms with Crippen molar-refractivity contribution >= 4 is 12.1 Å². The number of fused-ring (bicyclic) bond motifs is 2. The van der Waals surface area contributed by atoms with E-state index in [2.05, 4.69) is 69.8 Å². The van der Waals surface area contributed by atoms with Gasteiger partial charge in [0.05, 0.1) is 12.1 Å². The third kappa shape index (κ3) is 6.21. The number of aryl methyl sites for hydroxylation is 2. The highest BCUT2D eigenvalue weighted by Crippen LogP contribution is 2.31. The zero-order chi connectivity index (χ0) is 24.7. The van der Waals surface area contributed by atoms with E-state index in [4.69, 9.17) is 0 Å². The minimum atomic E-state index is -0.0657. The first-order valence-electron chi connectivity index (χ1n) is 13.9. The Labute approximate surface area is 215 Å². The number of urea groups is 2. The van der Waals surface area contributed by atoms with Crippen LogP contribution in [0.15, 0.2) is 48.5 Å². The van der Waals surface area contributed by atoms with E-state index in [0.29, 0.717) is 24.9 Å². The van der Waals surface area contributed by atoms with Gasteiger partial charge in [-0.3, -0.25) is 0 Å². The van der Waals surface area contributed by atoms with Crippen LogP contribution in [0.2, 0.25) is 0 Å². The van der Waals surface area contributed by atoms with Gasteiger partial charge in [0.2, 0.25) is 0 Å². The number of rotatable bonds is 6. The number of benzene rings is 2. The molecule has 4 N–H and O–H groups in total. The highest BCUT2D eigenvalue weighted by molar-refractivity contribution is 5.75. The van der Waals surface area contributed by atoms with E-state index in [1.165, 1.54) is 22.3 Å². The van der Waals surface area contributed by atoms with Gasteiger partial charge in [0.1, 0.15) is 0 Å². The first-order chi connectivity index (χ1) is 17.7. The van der Waals surface area contributed by atoms with E-state index >= 15 is 0 Å². The van der Waals surface area contributed by atoms with Gasteiger partial charge in [-0.05, 0) is 91.9 Å². The maximum Gasteiger partial charge on any atom is 0.315 e. The number of nitrogens with one attached hydrogen (secondary N) is 4. The van der Waals surface area contributed by atoms with E-state index in [-0.39, 0.29) is 24.1 Å². The molecule has 1 fully saturated rings. The highest BCUT2D eigenvalue weighted by Gasteiger charge is 2.26. The van der Waals surface area contributed by atoms with Gasteiger partial charge in [0, 0.05) is 13.1 Å². The van der Waals surface area contributed by atoms with Gasteiger partial charge in [-0.25, -0.2) is 9.59 Å². The molecule has 4 unspecified atom stereocenters. The predicted molar refractivity (Wildman–Crippen MR) is 143 cm³/mol. The van der Waals surface area contributed by atoms with E-state index in [0.717, 1.165) is 64.2 Å². The Morgan fingerprint density at radius 1 is 0.639 bits per heavy atom. The molecule has 2 aromatic rings. The van der Waals surface area contributed by atoms with Crippen molar-refractivity contribution in [2.24, 2.45) is 11.8 Å². The van der Waals surface area contributed by atoms with Crippen LogP contribution in [0.25, 0.3) is 0 Å². The summed E-state index contributed by atoms with van der Waals surface area (Å²) >= 11 is 0. The van der Waals surface area contributed by atoms with Gasteiger partial charge in [-0.2, -0.15) is 0 Å². The fraction of sp³-hybridized carbons (Fsp3) is 0.533. The third-order valence-corrected chi connectivity index (χ3v) is 8.34. The average Bonchev–Trinajstić information content (AvgIpc) is 2.91. The van der Waals surface area contributed by atoms with Gasteiger partial charge in [0.25, 0.3) is 0 Å². The van der Waals surface area contributed by atoms with Gasteiger partial charge >= 0.3 is 12.1 Å². The quantitative estimate of drug-likeness (QED) is 0.430. The molecular weight excluding hydrogens is 448 g/mol. The lowest BCUT2D eigenvalue weighted by molar-refractivity contribution is 0.217. The van der Waals surface area contributed by atoms with Gasteiger partial charge in [-0.15, -0.1) is 0 Å². The SMILES string of the molecule is O=C(NCC1CCCC(CNC(=O)NC2CCCc3ccccc32)C1)NC1CCCc2ccccc21. The van der Waals surface area contributed by atoms with Crippen LogP contribution in [-0.2, 0) is 12.8 Å². The predicted octanol–water partition coefficient (Wildman–Crippen LogP) is 5.55. The minimum Gasteiger partial charge on any atom is -0.338 e. The summed E-state index contributed by atoms with van der Waals surface area (Å²) in [5.41, 5.74) is 5.23. The topological polar surface area (TPSA) is 82.3 Å². The lowest BCUT2D eigenvalue weighted by atomic mass is 9.81. The van der Waals surface area contributed by atoms with Crippen LogP contribution in [0.5, 0.6) is 0 Å². The molecule has 3 aliphatic carbocycles. The highest BCUT2D eigenvalue weighted by atomic mass is 16.2. The summed E-state index contributed by atoms with van der Waals surface area (Å²) in [6.07, 6.45) is 10.9. The Balaban J connectivity index is 1.03. The maximum atomic E-state index is 12.6. The molecule has 0 spiro atoms. The molecule has 0 aliphatic heterocycles. The zero-order valence-corrected chi connectivity index (χ0v) is 21.2. The van der Waals surface area contributed by atoms with Crippen molar-refractivity contribution in [3.8, 4) is 0 Å². The first kappa shape index (κ1) is 24.7. The smallest absolute Gasteiger partial charge is 0.315 e. The normalized spacial score (nSPS) is 25.1. The molecule has 0 saturated heterocycles. The number of hydrogen-bond donors (Lipinski definition) is 4. The summed E-state index contributed by atoms with van der Waals surface area (Å²) in [4.78, 5) is 25.3. The van der Waals surface area contributed by atoms with Crippen molar-refractivity contribution in [3.63, 3.8) is 0 Å². The summed E-state index contributed by atoms with van der Waals surface area (Å²) in [6.45, 7) is 1.39. The Morgan fingerprint density at radius 2 is 1.11 bits per heavy atom. The van der Waals surface area contributed by atoms with Crippen LogP contribution in [0, 0.1) is 11.8 Å². The summed E-state index contributed by atoms with van der Waals surface area (Å²) in [5, 5.41) is 12.7. The second-order valence-corrected chi connectivity index (χ2v) is 10.9. The van der Waals surface area contributed by atoms with Crippen molar-refractivity contribution in [2.45, 2.75) is 76.3 Å². The Kier molecular flexibility index (Phi) is 8.09. The first-order valence-corrected chi connectivity index (χ1v) is 13.9. The van der Waals surface area contributed by atoms with Crippen LogP contribution in [0.3, 0.4) is 0 Å². The largest absolute Gasteiger partial charge is 0.338 e. The lowest BCUT2D eigenvalue weighted by Gasteiger charge is -2.31. The van der Waals surface area contributed by atoms with Crippen molar-refractivity contribution in [1.82, 2.24) is 21.3 Å². The monoisotopic (exact) mass is 488 g/mol. The molecule has 3 aliphatic rings. The average molecular weight is 489 g/mol. The van der Waals surface area contributed by atoms with Gasteiger partial charge in [0.15, 0.2) is 0 Å². The van der Waals surface area contributed by atoms with Gasteiger partial charge < -0.3 is 21.3 Å². The second kappa shape index (κ2) is 11.8. The van der Waals surface area contributed by atoms with Crippen molar-refractivity contribution < 1.29 is 9.59 Å². The molecule has 36 heavy (non-hydrogen) atoms. The molecule has 2 aromatic carbocycles. The Hall–Kier alpha value is -3.02. The van der Waals surface area contributed by atoms with Crippen molar-refractivity contribution in [2.75, 3.05) is 13.1 Å². The number of hydrogen-bond acceptors (Lipinski definition) is 2. The lowest BCUT2D eigenvalue weighted by Crippen LogP contribution is -2.43. The van der Waals surface area contributed by atoms with Crippen LogP contribution >= 0.6 is 0 Å². The molecule has 4 amide bonds. The summed E-state index contributed by atoms with van der Waals surface area (Å²) in [7, 11) is 0. The van der Waals surface area contributed by atoms with Gasteiger partial charge in [-0.1, -0.05) is 55.0 Å². The molecular formula is C30H40N4O2. The second-order valence-electron chi connectivity index (χ2n) is 10.9. The summed E-state index contributed by atoms with van der Waals surface area (Å²) in [6, 6.07) is 17.0. The Bertz CT molecular complexity index is 973. The van der Waals surface area contributed by atoms with Crippen molar-refractivity contribution in [3.05, 3.63) is 70.8 Å².